The number of halogens is 1. The third-order valence-corrected chi connectivity index (χ3v) is 5.20. The van der Waals surface area contributed by atoms with E-state index in [9.17, 15) is 19.1 Å². The van der Waals surface area contributed by atoms with Crippen LogP contribution in [0.3, 0.4) is 0 Å². The normalized spacial score (nSPS) is 19.9. The van der Waals surface area contributed by atoms with Gasteiger partial charge in [0.05, 0.1) is 12.3 Å². The highest BCUT2D eigenvalue weighted by molar-refractivity contribution is 5.90. The molecule has 168 valence electrons. The fourth-order valence-corrected chi connectivity index (χ4v) is 3.73. The number of benzene rings is 1. The van der Waals surface area contributed by atoms with Crippen LogP contribution < -0.4 is 10.1 Å². The van der Waals surface area contributed by atoms with Crippen molar-refractivity contribution in [1.82, 2.24) is 25.2 Å². The first-order chi connectivity index (χ1) is 14.6. The number of likely N-dealkylation sites (N-methyl/N-ethyl adjacent to an activating group) is 1. The van der Waals surface area contributed by atoms with Crippen molar-refractivity contribution in [3.05, 3.63) is 42.0 Å². The Morgan fingerprint density at radius 3 is 2.71 bits per heavy atom. The molecule has 0 unspecified atom stereocenters. The smallest absolute Gasteiger partial charge is 0.248 e. The first-order valence-electron chi connectivity index (χ1n) is 10.1. The Hall–Kier alpha value is -3.01. The minimum absolute atomic E-state index is 0.0186. The van der Waals surface area contributed by atoms with E-state index in [1.165, 1.54) is 28.8 Å². The minimum Gasteiger partial charge on any atom is -0.484 e. The number of para-hydroxylation sites is 1. The van der Waals surface area contributed by atoms with Crippen molar-refractivity contribution in [3.8, 4) is 5.75 Å². The van der Waals surface area contributed by atoms with Crippen LogP contribution >= 0.6 is 0 Å². The Morgan fingerprint density at radius 2 is 2.06 bits per heavy atom. The highest BCUT2D eigenvalue weighted by Gasteiger charge is 2.45. The number of hydrogen-bond acceptors (Lipinski definition) is 6. The summed E-state index contributed by atoms with van der Waals surface area (Å²) in [7, 11) is 1.50. The van der Waals surface area contributed by atoms with Crippen molar-refractivity contribution in [1.29, 1.82) is 0 Å². The fraction of sp³-hybridized carbons (Fsp3) is 0.524. The Bertz CT molecular complexity index is 942. The highest BCUT2D eigenvalue weighted by Crippen LogP contribution is 2.34. The van der Waals surface area contributed by atoms with Crippen molar-refractivity contribution in [2.45, 2.75) is 52.0 Å². The van der Waals surface area contributed by atoms with Crippen LogP contribution in [-0.4, -0.2) is 62.6 Å². The van der Waals surface area contributed by atoms with E-state index < -0.39 is 29.4 Å². The molecular weight excluding hydrogens is 405 g/mol. The van der Waals surface area contributed by atoms with Gasteiger partial charge in [0.2, 0.25) is 11.8 Å². The summed E-state index contributed by atoms with van der Waals surface area (Å²) in [6, 6.07) is 4.53. The van der Waals surface area contributed by atoms with E-state index in [0.29, 0.717) is 5.69 Å². The highest BCUT2D eigenvalue weighted by atomic mass is 19.1. The number of nitrogens with one attached hydrogen (secondary N) is 1. The number of likely N-dealkylation sites (tertiary alicyclic amines) is 1. The average molecular weight is 433 g/mol. The van der Waals surface area contributed by atoms with Crippen molar-refractivity contribution >= 4 is 11.8 Å². The predicted molar refractivity (Wildman–Crippen MR) is 109 cm³/mol. The maximum atomic E-state index is 13.8. The van der Waals surface area contributed by atoms with Crippen molar-refractivity contribution in [2.75, 3.05) is 13.6 Å². The van der Waals surface area contributed by atoms with Gasteiger partial charge in [0.1, 0.15) is 24.4 Å². The second-order valence-electron chi connectivity index (χ2n) is 8.69. The van der Waals surface area contributed by atoms with E-state index in [1.807, 2.05) is 20.8 Å². The molecule has 2 aromatic rings. The molecule has 1 aromatic heterocycles. The lowest BCUT2D eigenvalue weighted by molar-refractivity contribution is -0.144. The van der Waals surface area contributed by atoms with Gasteiger partial charge in [0.15, 0.2) is 11.6 Å². The SMILES string of the molecule is CNC(=O)[C@@H]1C[C@@H](O)CN1C(=O)[C@@H](n1cc(COc2ccccc2F)nn1)C(C)(C)C. The minimum atomic E-state index is -0.771. The number of carbonyl (C=O) groups excluding carboxylic acids is 2. The molecule has 0 radical (unpaired) electrons. The molecule has 9 nitrogen and oxygen atoms in total. The molecule has 10 heteroatoms. The number of aliphatic hydroxyl groups is 1. The summed E-state index contributed by atoms with van der Waals surface area (Å²) in [6.07, 6.45) is 0.990. The molecule has 3 rings (SSSR count). The zero-order valence-electron chi connectivity index (χ0n) is 18.1. The standard InChI is InChI=1S/C21H28FN5O4/c1-21(2,3)18(20(30)26-11-14(28)9-16(26)19(29)23-4)27-10-13(24-25-27)12-31-17-8-6-5-7-15(17)22/h5-8,10,14,16,18,28H,9,11-12H2,1-4H3,(H,23,29)/t14-,16+,18-/m1/s1. The van der Waals surface area contributed by atoms with Crippen LogP contribution in [-0.2, 0) is 16.2 Å². The van der Waals surface area contributed by atoms with E-state index in [0.717, 1.165) is 0 Å². The molecule has 1 aliphatic rings. The van der Waals surface area contributed by atoms with Gasteiger partial charge >= 0.3 is 0 Å². The molecular formula is C21H28FN5O4. The monoisotopic (exact) mass is 433 g/mol. The number of carbonyl (C=O) groups is 2. The molecule has 31 heavy (non-hydrogen) atoms. The lowest BCUT2D eigenvalue weighted by Crippen LogP contribution is -2.49. The lowest BCUT2D eigenvalue weighted by Gasteiger charge is -2.34. The molecule has 0 saturated carbocycles. The van der Waals surface area contributed by atoms with Gasteiger partial charge in [-0.25, -0.2) is 9.07 Å². The van der Waals surface area contributed by atoms with Gasteiger partial charge in [0.25, 0.3) is 0 Å². The molecule has 0 spiro atoms. The van der Waals surface area contributed by atoms with Gasteiger partial charge in [-0.15, -0.1) is 5.10 Å². The van der Waals surface area contributed by atoms with Crippen molar-refractivity contribution in [2.24, 2.45) is 5.41 Å². The third kappa shape index (κ3) is 5.01. The summed E-state index contributed by atoms with van der Waals surface area (Å²) >= 11 is 0. The number of nitrogens with zero attached hydrogens (tertiary/aromatic N) is 4. The van der Waals surface area contributed by atoms with Gasteiger partial charge in [-0.05, 0) is 17.5 Å². The van der Waals surface area contributed by atoms with Gasteiger partial charge < -0.3 is 20.1 Å². The van der Waals surface area contributed by atoms with E-state index in [4.69, 9.17) is 4.74 Å². The summed E-state index contributed by atoms with van der Waals surface area (Å²) < 4.78 is 20.7. The van der Waals surface area contributed by atoms with Crippen LogP contribution in [0.1, 0.15) is 38.9 Å². The van der Waals surface area contributed by atoms with Crippen molar-refractivity contribution < 1.29 is 23.8 Å². The number of hydrogen-bond donors (Lipinski definition) is 2. The molecule has 1 saturated heterocycles. The van der Waals surface area contributed by atoms with E-state index in [-0.39, 0.29) is 37.1 Å². The Kier molecular flexibility index (Phi) is 6.59. The van der Waals surface area contributed by atoms with Crippen LogP contribution in [0, 0.1) is 11.2 Å². The number of aliphatic hydroxyl groups excluding tert-OH is 1. The molecule has 2 amide bonds. The zero-order chi connectivity index (χ0) is 22.8. The molecule has 1 aromatic carbocycles. The first kappa shape index (κ1) is 22.7. The summed E-state index contributed by atoms with van der Waals surface area (Å²) in [4.78, 5) is 27.1. The molecule has 2 heterocycles. The number of ether oxygens (including phenoxy) is 1. The molecule has 0 bridgehead atoms. The van der Waals surface area contributed by atoms with Crippen LogP contribution in [0.5, 0.6) is 5.75 Å². The second-order valence-corrected chi connectivity index (χ2v) is 8.69. The number of rotatable bonds is 6. The molecule has 1 fully saturated rings. The number of amides is 2. The first-order valence-corrected chi connectivity index (χ1v) is 10.1. The topological polar surface area (TPSA) is 110 Å². The molecule has 3 atom stereocenters. The Labute approximate surface area is 180 Å². The second kappa shape index (κ2) is 9.01. The van der Waals surface area contributed by atoms with E-state index >= 15 is 0 Å². The van der Waals surface area contributed by atoms with Crippen LogP contribution in [0.25, 0.3) is 0 Å². The van der Waals surface area contributed by atoms with E-state index in [2.05, 4.69) is 15.6 Å². The van der Waals surface area contributed by atoms with Crippen LogP contribution in [0.2, 0.25) is 0 Å². The third-order valence-electron chi connectivity index (χ3n) is 5.20. The number of β-amino-alcohol motifs (C(OH)–C–C–N with tert-alkyl or cyclic N) is 1. The predicted octanol–water partition coefficient (Wildman–Crippen LogP) is 1.29. The molecule has 2 N–H and O–H groups in total. The maximum Gasteiger partial charge on any atom is 0.248 e. The van der Waals surface area contributed by atoms with Gasteiger partial charge in [-0.2, -0.15) is 0 Å². The Morgan fingerprint density at radius 1 is 1.35 bits per heavy atom. The quantitative estimate of drug-likeness (QED) is 0.711. The summed E-state index contributed by atoms with van der Waals surface area (Å²) in [6.45, 7) is 5.70. The maximum absolute atomic E-state index is 13.8. The zero-order valence-corrected chi connectivity index (χ0v) is 18.1. The average Bonchev–Trinajstić information content (AvgIpc) is 3.32. The summed E-state index contributed by atoms with van der Waals surface area (Å²) in [5, 5.41) is 20.8. The molecule has 1 aliphatic heterocycles. The van der Waals surface area contributed by atoms with Gasteiger partial charge in [0, 0.05) is 20.0 Å². The van der Waals surface area contributed by atoms with E-state index in [1.54, 1.807) is 18.3 Å². The fourth-order valence-electron chi connectivity index (χ4n) is 3.73. The van der Waals surface area contributed by atoms with Gasteiger partial charge in [-0.1, -0.05) is 38.1 Å². The molecule has 0 aliphatic carbocycles. The largest absolute Gasteiger partial charge is 0.484 e. The Balaban J connectivity index is 1.81. The lowest BCUT2D eigenvalue weighted by atomic mass is 9.85. The number of aromatic nitrogens is 3. The van der Waals surface area contributed by atoms with Crippen LogP contribution in [0.4, 0.5) is 4.39 Å². The van der Waals surface area contributed by atoms with Crippen LogP contribution in [0.15, 0.2) is 30.5 Å². The van der Waals surface area contributed by atoms with Crippen molar-refractivity contribution in [3.63, 3.8) is 0 Å². The van der Waals surface area contributed by atoms with Gasteiger partial charge in [-0.3, -0.25) is 9.59 Å². The summed E-state index contributed by atoms with van der Waals surface area (Å²) in [5.74, 6) is -1.04. The summed E-state index contributed by atoms with van der Waals surface area (Å²) in [5.41, 5.74) is -0.135.